The Labute approximate surface area is 205 Å². The standard InChI is InChI=1S/2C14H10.3C2H6/c2*1-3-7-13-11(5-1)9-10-12-6-2-4-8-14(12)13;3*1-2/h2*1-10H;3*1-2H3. The van der Waals surface area contributed by atoms with E-state index in [0.29, 0.717) is 0 Å². The largest absolute Gasteiger partial charge is 0.0683 e. The van der Waals surface area contributed by atoms with Crippen LogP contribution in [0.15, 0.2) is 121 Å². The predicted molar refractivity (Wildman–Crippen MR) is 157 cm³/mol. The molecule has 6 rings (SSSR count). The van der Waals surface area contributed by atoms with Crippen LogP contribution in [0.4, 0.5) is 0 Å². The van der Waals surface area contributed by atoms with Crippen molar-refractivity contribution in [2.45, 2.75) is 41.5 Å². The summed E-state index contributed by atoms with van der Waals surface area (Å²) < 4.78 is 0. The van der Waals surface area contributed by atoms with E-state index in [0.717, 1.165) is 0 Å². The quantitative estimate of drug-likeness (QED) is 0.203. The molecular formula is C34H38. The number of benzene rings is 6. The van der Waals surface area contributed by atoms with Gasteiger partial charge in [-0.2, -0.15) is 0 Å². The first-order valence-electron chi connectivity index (χ1n) is 12.6. The summed E-state index contributed by atoms with van der Waals surface area (Å²) in [6.45, 7) is 12.0. The van der Waals surface area contributed by atoms with Crippen LogP contribution in [0.5, 0.6) is 0 Å². The zero-order valence-electron chi connectivity index (χ0n) is 21.5. The van der Waals surface area contributed by atoms with Gasteiger partial charge in [0.2, 0.25) is 0 Å². The molecule has 0 saturated heterocycles. The third kappa shape index (κ3) is 6.23. The molecule has 0 N–H and O–H groups in total. The fourth-order valence-electron chi connectivity index (χ4n) is 3.91. The van der Waals surface area contributed by atoms with Gasteiger partial charge < -0.3 is 0 Å². The fourth-order valence-corrected chi connectivity index (χ4v) is 3.91. The summed E-state index contributed by atoms with van der Waals surface area (Å²) >= 11 is 0. The minimum Gasteiger partial charge on any atom is -0.0683 e. The van der Waals surface area contributed by atoms with Crippen LogP contribution in [-0.2, 0) is 0 Å². The van der Waals surface area contributed by atoms with E-state index in [1.807, 2.05) is 41.5 Å². The van der Waals surface area contributed by atoms with Gasteiger partial charge in [0.15, 0.2) is 0 Å². The molecule has 0 saturated carbocycles. The van der Waals surface area contributed by atoms with Crippen molar-refractivity contribution >= 4 is 43.1 Å². The van der Waals surface area contributed by atoms with Crippen molar-refractivity contribution in [3.05, 3.63) is 121 Å². The van der Waals surface area contributed by atoms with E-state index in [4.69, 9.17) is 0 Å². The monoisotopic (exact) mass is 446 g/mol. The average molecular weight is 447 g/mol. The Balaban J connectivity index is 0.000000198. The molecule has 0 nitrogen and oxygen atoms in total. The first kappa shape index (κ1) is 26.6. The van der Waals surface area contributed by atoms with Gasteiger partial charge in [0, 0.05) is 0 Å². The van der Waals surface area contributed by atoms with E-state index in [-0.39, 0.29) is 0 Å². The van der Waals surface area contributed by atoms with Crippen molar-refractivity contribution in [3.8, 4) is 0 Å². The zero-order chi connectivity index (χ0) is 24.8. The van der Waals surface area contributed by atoms with Crippen LogP contribution in [0.25, 0.3) is 43.1 Å². The lowest BCUT2D eigenvalue weighted by atomic mass is 10.0. The maximum Gasteiger partial charge on any atom is -0.0105 e. The Hall–Kier alpha value is -3.64. The van der Waals surface area contributed by atoms with Gasteiger partial charge in [-0.3, -0.25) is 0 Å². The van der Waals surface area contributed by atoms with Crippen molar-refractivity contribution in [2.75, 3.05) is 0 Å². The van der Waals surface area contributed by atoms with Crippen molar-refractivity contribution in [1.29, 1.82) is 0 Å². The molecule has 0 aromatic heterocycles. The molecule has 0 unspecified atom stereocenters. The van der Waals surface area contributed by atoms with Gasteiger partial charge in [-0.25, -0.2) is 0 Å². The molecule has 0 spiro atoms. The summed E-state index contributed by atoms with van der Waals surface area (Å²) in [5, 5.41) is 10.6. The molecule has 0 radical (unpaired) electrons. The molecule has 6 aromatic carbocycles. The third-order valence-corrected chi connectivity index (χ3v) is 5.31. The second-order valence-corrected chi connectivity index (χ2v) is 7.02. The molecular weight excluding hydrogens is 408 g/mol. The summed E-state index contributed by atoms with van der Waals surface area (Å²) in [7, 11) is 0. The van der Waals surface area contributed by atoms with Gasteiger partial charge in [0.25, 0.3) is 0 Å². The van der Waals surface area contributed by atoms with Gasteiger partial charge in [-0.05, 0) is 43.1 Å². The lowest BCUT2D eigenvalue weighted by Gasteiger charge is -2.02. The van der Waals surface area contributed by atoms with Crippen LogP contribution >= 0.6 is 0 Å². The van der Waals surface area contributed by atoms with E-state index in [9.17, 15) is 0 Å². The Morgan fingerprint density at radius 3 is 0.618 bits per heavy atom. The number of hydrogen-bond donors (Lipinski definition) is 0. The Bertz CT molecular complexity index is 1190. The van der Waals surface area contributed by atoms with Crippen molar-refractivity contribution in [1.82, 2.24) is 0 Å². The van der Waals surface area contributed by atoms with Gasteiger partial charge in [-0.15, -0.1) is 0 Å². The molecule has 6 aromatic rings. The minimum absolute atomic E-state index is 1.31. The SMILES string of the molecule is CC.CC.CC.c1ccc2c(c1)ccc1ccccc12.c1ccc2c(c1)ccc1ccccc12. The number of fused-ring (bicyclic) bond motifs is 6. The predicted octanol–water partition coefficient (Wildman–Crippen LogP) is 11.1. The van der Waals surface area contributed by atoms with E-state index >= 15 is 0 Å². The second-order valence-electron chi connectivity index (χ2n) is 7.02. The lowest BCUT2D eigenvalue weighted by molar-refractivity contribution is 1.50. The van der Waals surface area contributed by atoms with Crippen molar-refractivity contribution < 1.29 is 0 Å². The molecule has 0 atom stereocenters. The highest BCUT2D eigenvalue weighted by Gasteiger charge is 1.98. The van der Waals surface area contributed by atoms with Crippen molar-refractivity contribution in [3.63, 3.8) is 0 Å². The van der Waals surface area contributed by atoms with Crippen LogP contribution in [-0.4, -0.2) is 0 Å². The lowest BCUT2D eigenvalue weighted by Crippen LogP contribution is -1.75. The van der Waals surface area contributed by atoms with Gasteiger partial charge in [-0.1, -0.05) is 163 Å². The molecule has 0 aliphatic carbocycles. The zero-order valence-corrected chi connectivity index (χ0v) is 21.5. The summed E-state index contributed by atoms with van der Waals surface area (Å²) in [5.74, 6) is 0. The minimum atomic E-state index is 1.31. The van der Waals surface area contributed by atoms with Gasteiger partial charge >= 0.3 is 0 Å². The topological polar surface area (TPSA) is 0 Å². The Morgan fingerprint density at radius 2 is 0.412 bits per heavy atom. The first-order valence-corrected chi connectivity index (χ1v) is 12.6. The molecule has 174 valence electrons. The van der Waals surface area contributed by atoms with E-state index in [1.54, 1.807) is 0 Å². The summed E-state index contributed by atoms with van der Waals surface area (Å²) in [6, 6.07) is 42.7. The molecule has 0 heterocycles. The number of rotatable bonds is 0. The molecule has 0 amide bonds. The first-order chi connectivity index (χ1) is 16.9. The highest BCUT2D eigenvalue weighted by molar-refractivity contribution is 6.08. The van der Waals surface area contributed by atoms with Crippen molar-refractivity contribution in [2.24, 2.45) is 0 Å². The third-order valence-electron chi connectivity index (χ3n) is 5.31. The van der Waals surface area contributed by atoms with E-state index in [2.05, 4.69) is 121 Å². The molecule has 0 bridgehead atoms. The van der Waals surface area contributed by atoms with Gasteiger partial charge in [0.05, 0.1) is 0 Å². The normalized spacial score (nSPS) is 9.47. The molecule has 0 fully saturated rings. The molecule has 0 heteroatoms. The Kier molecular flexibility index (Phi) is 11.3. The summed E-state index contributed by atoms with van der Waals surface area (Å²) in [5.41, 5.74) is 0. The molecule has 0 aliphatic heterocycles. The summed E-state index contributed by atoms with van der Waals surface area (Å²) in [4.78, 5) is 0. The Morgan fingerprint density at radius 1 is 0.235 bits per heavy atom. The highest BCUT2D eigenvalue weighted by atomic mass is 14.0. The van der Waals surface area contributed by atoms with Crippen LogP contribution < -0.4 is 0 Å². The average Bonchev–Trinajstić information content (AvgIpc) is 2.96. The smallest absolute Gasteiger partial charge is 0.0105 e. The fraction of sp³-hybridized carbons (Fsp3) is 0.176. The molecule has 0 aliphatic rings. The van der Waals surface area contributed by atoms with E-state index in [1.165, 1.54) is 43.1 Å². The van der Waals surface area contributed by atoms with Crippen LogP contribution in [0.2, 0.25) is 0 Å². The van der Waals surface area contributed by atoms with Crippen LogP contribution in [0.3, 0.4) is 0 Å². The maximum atomic E-state index is 2.18. The van der Waals surface area contributed by atoms with Crippen LogP contribution in [0, 0.1) is 0 Å². The van der Waals surface area contributed by atoms with Gasteiger partial charge in [0.1, 0.15) is 0 Å². The van der Waals surface area contributed by atoms with Crippen LogP contribution in [0.1, 0.15) is 41.5 Å². The number of hydrogen-bond acceptors (Lipinski definition) is 0. The van der Waals surface area contributed by atoms with E-state index < -0.39 is 0 Å². The maximum absolute atomic E-state index is 2.18. The highest BCUT2D eigenvalue weighted by Crippen LogP contribution is 2.25. The summed E-state index contributed by atoms with van der Waals surface area (Å²) in [6.07, 6.45) is 0. The molecule has 34 heavy (non-hydrogen) atoms. The second kappa shape index (κ2) is 14.5.